The highest BCUT2D eigenvalue weighted by molar-refractivity contribution is 7.99. The van der Waals surface area contributed by atoms with E-state index in [1.54, 1.807) is 43.0 Å². The molecule has 214 valence electrons. The Labute approximate surface area is 237 Å². The third-order valence-corrected chi connectivity index (χ3v) is 6.90. The van der Waals surface area contributed by atoms with Gasteiger partial charge in [0.25, 0.3) is 0 Å². The summed E-state index contributed by atoms with van der Waals surface area (Å²) in [6, 6.07) is 20.0. The quantitative estimate of drug-likeness (QED) is 0.156. The summed E-state index contributed by atoms with van der Waals surface area (Å²) in [6.07, 6.45) is 0.200. The maximum absolute atomic E-state index is 13.6. The molecule has 0 fully saturated rings. The highest BCUT2D eigenvalue weighted by atomic mass is 32.2. The Morgan fingerprint density at radius 2 is 1.65 bits per heavy atom. The van der Waals surface area contributed by atoms with Gasteiger partial charge in [-0.3, -0.25) is 0 Å². The Morgan fingerprint density at radius 1 is 0.925 bits per heavy atom. The molecule has 40 heavy (non-hydrogen) atoms. The molecule has 3 rings (SSSR count). The number of carbonyl (C=O) groups is 2. The number of carboxylic acids is 1. The van der Waals surface area contributed by atoms with Crippen molar-refractivity contribution >= 4 is 23.8 Å². The van der Waals surface area contributed by atoms with Gasteiger partial charge < -0.3 is 24.2 Å². The number of hydrogen-bond donors (Lipinski definition) is 1. The molecule has 0 aliphatic rings. The molecule has 3 aromatic carbocycles. The highest BCUT2D eigenvalue weighted by Crippen LogP contribution is 2.20. The van der Waals surface area contributed by atoms with E-state index < -0.39 is 29.8 Å². The normalized spacial score (nSPS) is 11.6. The van der Waals surface area contributed by atoms with Crippen molar-refractivity contribution in [2.45, 2.75) is 37.2 Å². The second-order valence-electron chi connectivity index (χ2n) is 8.78. The largest absolute Gasteiger partial charge is 0.492 e. The molecule has 0 aromatic heterocycles. The summed E-state index contributed by atoms with van der Waals surface area (Å²) in [5.41, 5.74) is 0.790. The van der Waals surface area contributed by atoms with Gasteiger partial charge in [0.2, 0.25) is 0 Å². The number of benzene rings is 3. The zero-order valence-electron chi connectivity index (χ0n) is 22.3. The standard InChI is InChI=1S/C30H33F2NO6S/c1-2-37-28(29(34)35)20-22-10-12-23(13-11-22)38-18-17-33(16-6-7-19-40-25-8-4-3-5-9-25)30(36)39-24-14-15-26(31)27(32)21-24/h3-5,8-15,21,28H,2,6-7,16-20H2,1H3,(H,34,35). The molecular weight excluding hydrogens is 540 g/mol. The first-order valence-corrected chi connectivity index (χ1v) is 14.0. The molecule has 0 radical (unpaired) electrons. The summed E-state index contributed by atoms with van der Waals surface area (Å²) in [5, 5.41) is 9.27. The Bertz CT molecular complexity index is 1210. The van der Waals surface area contributed by atoms with Crippen molar-refractivity contribution in [3.63, 3.8) is 0 Å². The predicted molar refractivity (Wildman–Crippen MR) is 149 cm³/mol. The molecule has 0 bridgehead atoms. The van der Waals surface area contributed by atoms with Crippen molar-refractivity contribution < 1.29 is 37.7 Å². The van der Waals surface area contributed by atoms with Crippen molar-refractivity contribution in [1.82, 2.24) is 4.90 Å². The topological polar surface area (TPSA) is 85.3 Å². The number of unbranched alkanes of at least 4 members (excludes halogenated alkanes) is 1. The third-order valence-electron chi connectivity index (χ3n) is 5.81. The third kappa shape index (κ3) is 10.5. The fraction of sp³-hybridized carbons (Fsp3) is 0.333. The zero-order chi connectivity index (χ0) is 28.7. The van der Waals surface area contributed by atoms with Gasteiger partial charge in [0.05, 0.1) is 6.54 Å². The Morgan fingerprint density at radius 3 is 2.33 bits per heavy atom. The highest BCUT2D eigenvalue weighted by Gasteiger charge is 2.19. The first-order valence-electron chi connectivity index (χ1n) is 13.0. The Kier molecular flexibility index (Phi) is 12.7. The molecule has 3 aromatic rings. The summed E-state index contributed by atoms with van der Waals surface area (Å²) < 4.78 is 43.2. The number of rotatable bonds is 16. The zero-order valence-corrected chi connectivity index (χ0v) is 23.1. The summed E-state index contributed by atoms with van der Waals surface area (Å²) in [5.74, 6) is -1.79. The van der Waals surface area contributed by atoms with Gasteiger partial charge in [0.15, 0.2) is 17.7 Å². The molecule has 1 amide bonds. The lowest BCUT2D eigenvalue weighted by atomic mass is 10.1. The molecule has 10 heteroatoms. The maximum Gasteiger partial charge on any atom is 0.415 e. The lowest BCUT2D eigenvalue weighted by Gasteiger charge is -2.22. The van der Waals surface area contributed by atoms with E-state index in [0.717, 1.165) is 29.9 Å². The van der Waals surface area contributed by atoms with Crippen LogP contribution in [0.3, 0.4) is 0 Å². The molecule has 0 aliphatic heterocycles. The molecule has 7 nitrogen and oxygen atoms in total. The van der Waals surface area contributed by atoms with Crippen molar-refractivity contribution in [2.24, 2.45) is 0 Å². The van der Waals surface area contributed by atoms with Crippen LogP contribution < -0.4 is 9.47 Å². The number of halogens is 2. The van der Waals surface area contributed by atoms with Crippen molar-refractivity contribution in [3.05, 3.63) is 90.0 Å². The van der Waals surface area contributed by atoms with Crippen LogP contribution in [0.4, 0.5) is 13.6 Å². The number of carbonyl (C=O) groups excluding carboxylic acids is 1. The summed E-state index contributed by atoms with van der Waals surface area (Å²) in [6.45, 7) is 2.82. The van der Waals surface area contributed by atoms with Crippen molar-refractivity contribution in [1.29, 1.82) is 0 Å². The van der Waals surface area contributed by atoms with Crippen LogP contribution in [0, 0.1) is 11.6 Å². The predicted octanol–water partition coefficient (Wildman–Crippen LogP) is 6.45. The fourth-order valence-electron chi connectivity index (χ4n) is 3.74. The Hall–Kier alpha value is -3.63. The van der Waals surface area contributed by atoms with Crippen LogP contribution in [0.1, 0.15) is 25.3 Å². The van der Waals surface area contributed by atoms with E-state index in [1.807, 2.05) is 30.3 Å². The van der Waals surface area contributed by atoms with Crippen LogP contribution in [0.15, 0.2) is 77.7 Å². The minimum atomic E-state index is -1.10. The minimum absolute atomic E-state index is 0.0863. The first-order chi connectivity index (χ1) is 19.4. The average molecular weight is 574 g/mol. The number of thioether (sulfide) groups is 1. The average Bonchev–Trinajstić information content (AvgIpc) is 2.95. The molecule has 0 spiro atoms. The van der Waals surface area contributed by atoms with E-state index in [1.165, 1.54) is 15.9 Å². The van der Waals surface area contributed by atoms with Gasteiger partial charge in [0.1, 0.15) is 18.1 Å². The number of carboxylic acid groups (broad SMARTS) is 1. The monoisotopic (exact) mass is 573 g/mol. The first kappa shape index (κ1) is 30.9. The van der Waals surface area contributed by atoms with Crippen LogP contribution in [0.5, 0.6) is 11.5 Å². The lowest BCUT2D eigenvalue weighted by molar-refractivity contribution is -0.149. The fourth-order valence-corrected chi connectivity index (χ4v) is 4.67. The molecular formula is C30H33F2NO6S. The van der Waals surface area contributed by atoms with Crippen molar-refractivity contribution in [3.8, 4) is 11.5 Å². The van der Waals surface area contributed by atoms with E-state index in [4.69, 9.17) is 14.2 Å². The molecule has 0 heterocycles. The number of nitrogens with zero attached hydrogens (tertiary/aromatic N) is 1. The van der Waals surface area contributed by atoms with E-state index in [0.29, 0.717) is 25.3 Å². The van der Waals surface area contributed by atoms with Crippen molar-refractivity contribution in [2.75, 3.05) is 32.1 Å². The number of ether oxygens (including phenoxy) is 3. The molecule has 1 N–H and O–H groups in total. The van der Waals surface area contributed by atoms with Crippen LogP contribution in [-0.4, -0.2) is 60.2 Å². The van der Waals surface area contributed by atoms with Gasteiger partial charge >= 0.3 is 12.1 Å². The second-order valence-corrected chi connectivity index (χ2v) is 9.95. The molecule has 0 aliphatic carbocycles. The summed E-state index contributed by atoms with van der Waals surface area (Å²) >= 11 is 1.73. The summed E-state index contributed by atoms with van der Waals surface area (Å²) in [4.78, 5) is 26.8. The van der Waals surface area contributed by atoms with Gasteiger partial charge in [-0.05, 0) is 67.5 Å². The van der Waals surface area contributed by atoms with Crippen LogP contribution in [0.25, 0.3) is 0 Å². The van der Waals surface area contributed by atoms with E-state index in [2.05, 4.69) is 0 Å². The number of amides is 1. The smallest absolute Gasteiger partial charge is 0.415 e. The van der Waals surface area contributed by atoms with Gasteiger partial charge in [-0.1, -0.05) is 30.3 Å². The van der Waals surface area contributed by atoms with Gasteiger partial charge in [-0.25, -0.2) is 18.4 Å². The molecule has 1 atom stereocenters. The lowest BCUT2D eigenvalue weighted by Crippen LogP contribution is -2.37. The minimum Gasteiger partial charge on any atom is -0.492 e. The SMILES string of the molecule is CCOC(Cc1ccc(OCCN(CCCCSc2ccccc2)C(=O)Oc2ccc(F)c(F)c2)cc1)C(=O)O. The van der Waals surface area contributed by atoms with Crippen LogP contribution in [-0.2, 0) is 16.0 Å². The molecule has 1 unspecified atom stereocenters. The van der Waals surface area contributed by atoms with E-state index >= 15 is 0 Å². The second kappa shape index (κ2) is 16.5. The van der Waals surface area contributed by atoms with Gasteiger partial charge in [-0.2, -0.15) is 0 Å². The maximum atomic E-state index is 13.6. The number of hydrogen-bond acceptors (Lipinski definition) is 6. The van der Waals surface area contributed by atoms with Gasteiger partial charge in [-0.15, -0.1) is 11.8 Å². The summed E-state index contributed by atoms with van der Waals surface area (Å²) in [7, 11) is 0. The molecule has 0 saturated carbocycles. The molecule has 0 saturated heterocycles. The Balaban J connectivity index is 1.53. The van der Waals surface area contributed by atoms with Gasteiger partial charge in [0, 0.05) is 30.5 Å². The number of aliphatic carboxylic acids is 1. The van der Waals surface area contributed by atoms with E-state index in [-0.39, 0.29) is 25.3 Å². The van der Waals surface area contributed by atoms with E-state index in [9.17, 15) is 23.5 Å². The van der Waals surface area contributed by atoms with Crippen LogP contribution >= 0.6 is 11.8 Å². The van der Waals surface area contributed by atoms with Crippen LogP contribution in [0.2, 0.25) is 0 Å².